The van der Waals surface area contributed by atoms with Crippen LogP contribution in [0.5, 0.6) is 0 Å². The summed E-state index contributed by atoms with van der Waals surface area (Å²) in [6, 6.07) is 7.62. The standard InChI is InChI=1S/C14H17NO3S/c1-10(7-13(16)18-2)15-9-12-6-4-3-5-11(12)8-14(17)19/h3-7,15H,8-9H2,1-2H3,(H,17,19). The Balaban J connectivity index is 2.70. The number of carbonyl (C=O) groups excluding carboxylic acids is 2. The third-order valence-corrected chi connectivity index (χ3v) is 2.71. The Morgan fingerprint density at radius 3 is 2.53 bits per heavy atom. The van der Waals surface area contributed by atoms with E-state index in [1.54, 1.807) is 6.92 Å². The molecular formula is C14H17NO3S. The SMILES string of the molecule is COC(=O)C=C(C)NCc1ccccc1CC(=O)S. The van der Waals surface area contributed by atoms with Gasteiger partial charge in [-0.2, -0.15) is 0 Å². The summed E-state index contributed by atoms with van der Waals surface area (Å²) >= 11 is 3.79. The molecule has 0 bridgehead atoms. The van der Waals surface area contributed by atoms with Crippen LogP contribution in [0.2, 0.25) is 0 Å². The minimum atomic E-state index is -0.399. The molecule has 0 heterocycles. The number of hydrogen-bond donors (Lipinski definition) is 2. The molecule has 19 heavy (non-hydrogen) atoms. The van der Waals surface area contributed by atoms with Crippen molar-refractivity contribution in [1.29, 1.82) is 0 Å². The summed E-state index contributed by atoms with van der Waals surface area (Å²) in [7, 11) is 1.33. The third-order valence-electron chi connectivity index (χ3n) is 2.55. The molecule has 1 aromatic rings. The molecule has 0 fully saturated rings. The number of ether oxygens (including phenoxy) is 1. The third kappa shape index (κ3) is 5.61. The van der Waals surface area contributed by atoms with Gasteiger partial charge >= 0.3 is 5.97 Å². The molecule has 0 atom stereocenters. The van der Waals surface area contributed by atoms with E-state index in [0.29, 0.717) is 18.7 Å². The molecule has 1 N–H and O–H groups in total. The summed E-state index contributed by atoms with van der Waals surface area (Å²) in [5, 5.41) is 2.93. The molecule has 0 aliphatic carbocycles. The molecule has 4 nitrogen and oxygen atoms in total. The van der Waals surface area contributed by atoms with E-state index < -0.39 is 5.97 Å². The van der Waals surface area contributed by atoms with Crippen molar-refractivity contribution in [3.63, 3.8) is 0 Å². The van der Waals surface area contributed by atoms with E-state index >= 15 is 0 Å². The number of nitrogens with one attached hydrogen (secondary N) is 1. The fourth-order valence-corrected chi connectivity index (χ4v) is 1.76. The molecule has 0 unspecified atom stereocenters. The first-order valence-corrected chi connectivity index (χ1v) is 6.26. The minimum absolute atomic E-state index is 0.172. The van der Waals surface area contributed by atoms with Gasteiger partial charge in [0.15, 0.2) is 5.12 Å². The molecule has 0 amide bonds. The van der Waals surface area contributed by atoms with E-state index in [1.165, 1.54) is 13.2 Å². The molecule has 0 spiro atoms. The fraction of sp³-hybridized carbons (Fsp3) is 0.286. The van der Waals surface area contributed by atoms with Crippen LogP contribution >= 0.6 is 12.6 Å². The Bertz CT molecular complexity index is 497. The van der Waals surface area contributed by atoms with Crippen LogP contribution in [-0.4, -0.2) is 18.2 Å². The summed E-state index contributed by atoms with van der Waals surface area (Å²) in [5.74, 6) is -0.399. The number of esters is 1. The van der Waals surface area contributed by atoms with E-state index in [9.17, 15) is 9.59 Å². The lowest BCUT2D eigenvalue weighted by atomic mass is 10.1. The summed E-state index contributed by atoms with van der Waals surface area (Å²) in [5.41, 5.74) is 2.64. The second-order valence-corrected chi connectivity index (χ2v) is 4.54. The first-order chi connectivity index (χ1) is 9.02. The monoisotopic (exact) mass is 279 g/mol. The van der Waals surface area contributed by atoms with Crippen molar-refractivity contribution in [1.82, 2.24) is 5.32 Å². The van der Waals surface area contributed by atoms with Crippen molar-refractivity contribution in [3.8, 4) is 0 Å². The topological polar surface area (TPSA) is 55.4 Å². The fourth-order valence-electron chi connectivity index (χ4n) is 1.59. The van der Waals surface area contributed by atoms with Crippen LogP contribution in [0, 0.1) is 0 Å². The van der Waals surface area contributed by atoms with Crippen LogP contribution in [0.3, 0.4) is 0 Å². The second-order valence-electron chi connectivity index (χ2n) is 4.04. The van der Waals surface area contributed by atoms with E-state index in [1.807, 2.05) is 24.3 Å². The number of rotatable bonds is 6. The predicted octanol–water partition coefficient (Wildman–Crippen LogP) is 1.85. The van der Waals surface area contributed by atoms with Crippen molar-refractivity contribution in [2.45, 2.75) is 19.9 Å². The number of thiol groups is 1. The second kappa shape index (κ2) is 7.63. The average molecular weight is 279 g/mol. The highest BCUT2D eigenvalue weighted by molar-refractivity contribution is 7.96. The Kier molecular flexibility index (Phi) is 6.15. The molecule has 5 heteroatoms. The zero-order valence-electron chi connectivity index (χ0n) is 11.0. The van der Waals surface area contributed by atoms with Gasteiger partial charge < -0.3 is 10.1 Å². The number of allylic oxidation sites excluding steroid dienone is 1. The van der Waals surface area contributed by atoms with Gasteiger partial charge in [0.1, 0.15) is 0 Å². The Morgan fingerprint density at radius 1 is 1.32 bits per heavy atom. The molecule has 0 aliphatic heterocycles. The number of benzene rings is 1. The molecule has 1 rings (SSSR count). The van der Waals surface area contributed by atoms with Gasteiger partial charge in [0.2, 0.25) is 0 Å². The highest BCUT2D eigenvalue weighted by Crippen LogP contribution is 2.11. The lowest BCUT2D eigenvalue weighted by Gasteiger charge is -2.10. The minimum Gasteiger partial charge on any atom is -0.466 e. The maximum Gasteiger partial charge on any atom is 0.332 e. The van der Waals surface area contributed by atoms with Crippen LogP contribution in [0.15, 0.2) is 36.0 Å². The quantitative estimate of drug-likeness (QED) is 0.474. The van der Waals surface area contributed by atoms with Gasteiger partial charge in [-0.25, -0.2) is 4.79 Å². The van der Waals surface area contributed by atoms with Gasteiger partial charge in [0.25, 0.3) is 0 Å². The van der Waals surface area contributed by atoms with Crippen LogP contribution in [-0.2, 0) is 27.3 Å². The predicted molar refractivity (Wildman–Crippen MR) is 76.8 cm³/mol. The highest BCUT2D eigenvalue weighted by atomic mass is 32.1. The first-order valence-electron chi connectivity index (χ1n) is 5.81. The molecule has 1 aromatic carbocycles. The zero-order valence-corrected chi connectivity index (χ0v) is 11.9. The van der Waals surface area contributed by atoms with Crippen molar-refractivity contribution >= 4 is 23.7 Å². The normalized spacial score (nSPS) is 11.0. The van der Waals surface area contributed by atoms with Crippen LogP contribution in [0.25, 0.3) is 0 Å². The number of methoxy groups -OCH3 is 1. The maximum absolute atomic E-state index is 11.1. The Hall–Kier alpha value is -1.75. The van der Waals surface area contributed by atoms with Gasteiger partial charge in [-0.3, -0.25) is 4.79 Å². The van der Waals surface area contributed by atoms with E-state index in [-0.39, 0.29) is 5.12 Å². The highest BCUT2D eigenvalue weighted by Gasteiger charge is 2.05. The first kappa shape index (κ1) is 15.3. The largest absolute Gasteiger partial charge is 0.466 e. The summed E-state index contributed by atoms with van der Waals surface area (Å²) < 4.78 is 4.54. The summed E-state index contributed by atoms with van der Waals surface area (Å²) in [6.07, 6.45) is 1.67. The molecule has 0 saturated heterocycles. The van der Waals surface area contributed by atoms with Gasteiger partial charge in [-0.15, -0.1) is 12.6 Å². The molecule has 0 saturated carbocycles. The molecule has 0 aromatic heterocycles. The van der Waals surface area contributed by atoms with E-state index in [4.69, 9.17) is 0 Å². The van der Waals surface area contributed by atoms with E-state index in [0.717, 1.165) is 11.1 Å². The van der Waals surface area contributed by atoms with Gasteiger partial charge in [0, 0.05) is 24.7 Å². The summed E-state index contributed by atoms with van der Waals surface area (Å²) in [4.78, 5) is 22.1. The van der Waals surface area contributed by atoms with Gasteiger partial charge in [-0.1, -0.05) is 24.3 Å². The van der Waals surface area contributed by atoms with Gasteiger partial charge in [-0.05, 0) is 18.1 Å². The maximum atomic E-state index is 11.1. The van der Waals surface area contributed by atoms with Crippen LogP contribution in [0.1, 0.15) is 18.1 Å². The molecular weight excluding hydrogens is 262 g/mol. The van der Waals surface area contributed by atoms with Crippen LogP contribution in [0.4, 0.5) is 0 Å². The number of carbonyl (C=O) groups is 2. The molecule has 0 aliphatic rings. The average Bonchev–Trinajstić information content (AvgIpc) is 2.37. The lowest BCUT2D eigenvalue weighted by molar-refractivity contribution is -0.134. The zero-order chi connectivity index (χ0) is 14.3. The van der Waals surface area contributed by atoms with Crippen molar-refractivity contribution < 1.29 is 14.3 Å². The van der Waals surface area contributed by atoms with Crippen molar-refractivity contribution in [2.75, 3.05) is 7.11 Å². The molecule has 102 valence electrons. The van der Waals surface area contributed by atoms with Crippen molar-refractivity contribution in [2.24, 2.45) is 0 Å². The molecule has 0 radical (unpaired) electrons. The van der Waals surface area contributed by atoms with Crippen molar-refractivity contribution in [3.05, 3.63) is 47.2 Å². The Labute approximate surface area is 118 Å². The lowest BCUT2D eigenvalue weighted by Crippen LogP contribution is -2.14. The van der Waals surface area contributed by atoms with E-state index in [2.05, 4.69) is 22.7 Å². The van der Waals surface area contributed by atoms with Gasteiger partial charge in [0.05, 0.1) is 7.11 Å². The number of hydrogen-bond acceptors (Lipinski definition) is 4. The smallest absolute Gasteiger partial charge is 0.332 e. The summed E-state index contributed by atoms with van der Waals surface area (Å²) in [6.45, 7) is 2.32. The Morgan fingerprint density at radius 2 is 1.95 bits per heavy atom. The van der Waals surface area contributed by atoms with Crippen LogP contribution < -0.4 is 5.32 Å².